The maximum atomic E-state index is 12.5. The third kappa shape index (κ3) is 55.7. The monoisotopic (exact) mass is 986 g/mol. The van der Waals surface area contributed by atoms with E-state index in [4.69, 9.17) is 4.74 Å². The highest BCUT2D eigenvalue weighted by molar-refractivity contribution is 5.76. The summed E-state index contributed by atoms with van der Waals surface area (Å²) in [6.45, 7) is 4.89. The molecular weight excluding hydrogens is 863 g/mol. The number of aliphatic hydroxyl groups excluding tert-OH is 2. The number of nitrogens with one attached hydrogen (secondary N) is 1. The van der Waals surface area contributed by atoms with E-state index < -0.39 is 12.1 Å². The van der Waals surface area contributed by atoms with E-state index in [0.29, 0.717) is 19.4 Å². The van der Waals surface area contributed by atoms with Crippen LogP contribution in [0.4, 0.5) is 0 Å². The molecule has 0 bridgehead atoms. The van der Waals surface area contributed by atoms with Crippen LogP contribution in [0.25, 0.3) is 0 Å². The highest BCUT2D eigenvalue weighted by Gasteiger charge is 2.18. The number of rotatable bonds is 59. The smallest absolute Gasteiger partial charge is 0.305 e. The number of hydrogen-bond acceptors (Lipinski definition) is 5. The van der Waals surface area contributed by atoms with Gasteiger partial charge in [0.15, 0.2) is 0 Å². The van der Waals surface area contributed by atoms with Crippen molar-refractivity contribution in [2.24, 2.45) is 0 Å². The molecule has 2 unspecified atom stereocenters. The number of hydrogen-bond donors (Lipinski definition) is 3. The molecule has 0 aliphatic heterocycles. The summed E-state index contributed by atoms with van der Waals surface area (Å²) in [6.07, 6.45) is 73.6. The molecule has 0 saturated carbocycles. The molecule has 0 aromatic carbocycles. The van der Waals surface area contributed by atoms with Gasteiger partial charge in [0.05, 0.1) is 25.4 Å². The normalized spacial score (nSPS) is 12.7. The van der Waals surface area contributed by atoms with Crippen molar-refractivity contribution in [2.45, 2.75) is 360 Å². The van der Waals surface area contributed by atoms with Crippen LogP contribution in [-0.2, 0) is 14.3 Å². The third-order valence-corrected chi connectivity index (χ3v) is 14.7. The van der Waals surface area contributed by atoms with Gasteiger partial charge in [0.25, 0.3) is 0 Å². The minimum absolute atomic E-state index is 0.00973. The van der Waals surface area contributed by atoms with Crippen molar-refractivity contribution in [1.82, 2.24) is 5.32 Å². The Hall–Kier alpha value is -1.66. The van der Waals surface area contributed by atoms with Crippen molar-refractivity contribution in [3.63, 3.8) is 0 Å². The quantitative estimate of drug-likeness (QED) is 0.0321. The van der Waals surface area contributed by atoms with Crippen LogP contribution in [0.3, 0.4) is 0 Å². The van der Waals surface area contributed by atoms with Gasteiger partial charge in [0.2, 0.25) is 5.91 Å². The fraction of sp³-hybridized carbons (Fsp3) is 0.906. The number of unbranched alkanes of at least 4 members (excludes halogenated alkanes) is 46. The van der Waals surface area contributed by atoms with Crippen molar-refractivity contribution < 1.29 is 24.5 Å². The van der Waals surface area contributed by atoms with Gasteiger partial charge >= 0.3 is 5.97 Å². The van der Waals surface area contributed by atoms with Crippen molar-refractivity contribution in [1.29, 1.82) is 0 Å². The molecule has 0 rings (SSSR count). The van der Waals surface area contributed by atoms with Crippen molar-refractivity contribution in [2.75, 3.05) is 13.2 Å². The third-order valence-electron chi connectivity index (χ3n) is 14.7. The number of carbonyl (C=O) groups excluding carboxylic acids is 2. The first-order valence-electron chi connectivity index (χ1n) is 31.6. The molecule has 0 aromatic heterocycles. The lowest BCUT2D eigenvalue weighted by Gasteiger charge is -2.19. The Morgan fingerprint density at radius 2 is 0.671 bits per heavy atom. The lowest BCUT2D eigenvalue weighted by atomic mass is 10.0. The van der Waals surface area contributed by atoms with Crippen LogP contribution >= 0.6 is 0 Å². The Morgan fingerprint density at radius 1 is 0.386 bits per heavy atom. The maximum absolute atomic E-state index is 12.5. The molecule has 0 heterocycles. The van der Waals surface area contributed by atoms with E-state index in [2.05, 4.69) is 31.3 Å². The minimum atomic E-state index is -0.863. The number of allylic oxidation sites excluding steroid dienone is 3. The molecule has 414 valence electrons. The molecular formula is C64H123NO5. The standard InChI is InChI=1S/C64H123NO5/c1-3-5-7-9-11-13-15-17-19-21-22-23-24-25-26-27-28-29-32-36-40-44-48-52-56-62(67)61(60-66)65-63(68)57-53-49-45-41-37-33-31-35-39-43-47-51-55-59-70-64(69)58-54-50-46-42-38-34-30-20-18-16-14-12-10-8-6-4-2/h33,37,52,56,61-62,66-67H,3-32,34-36,38-51,53-55,57-60H2,1-2H3,(H,65,68)/b37-33-,56-52+. The summed E-state index contributed by atoms with van der Waals surface area (Å²) in [5, 5.41) is 23.2. The van der Waals surface area contributed by atoms with Crippen molar-refractivity contribution in [3.8, 4) is 0 Å². The van der Waals surface area contributed by atoms with E-state index in [0.717, 1.165) is 70.6 Å². The second kappa shape index (κ2) is 59.9. The summed E-state index contributed by atoms with van der Waals surface area (Å²) in [6, 6.07) is -0.649. The van der Waals surface area contributed by atoms with Crippen LogP contribution in [0.15, 0.2) is 24.3 Å². The lowest BCUT2D eigenvalue weighted by molar-refractivity contribution is -0.143. The summed E-state index contributed by atoms with van der Waals surface area (Å²) in [5.41, 5.74) is 0. The largest absolute Gasteiger partial charge is 0.466 e. The molecule has 0 fully saturated rings. The zero-order chi connectivity index (χ0) is 50.7. The topological polar surface area (TPSA) is 95.9 Å². The molecule has 1 amide bonds. The zero-order valence-electron chi connectivity index (χ0n) is 47.3. The molecule has 3 N–H and O–H groups in total. The van der Waals surface area contributed by atoms with Crippen LogP contribution in [0, 0.1) is 0 Å². The van der Waals surface area contributed by atoms with Gasteiger partial charge in [0.1, 0.15) is 0 Å². The predicted octanol–water partition coefficient (Wildman–Crippen LogP) is 19.8. The van der Waals surface area contributed by atoms with E-state index in [1.165, 1.54) is 250 Å². The molecule has 2 atom stereocenters. The summed E-state index contributed by atoms with van der Waals surface area (Å²) in [7, 11) is 0. The molecule has 0 spiro atoms. The van der Waals surface area contributed by atoms with Gasteiger partial charge in [-0.1, -0.05) is 301 Å². The highest BCUT2D eigenvalue weighted by Crippen LogP contribution is 2.18. The molecule has 70 heavy (non-hydrogen) atoms. The van der Waals surface area contributed by atoms with Crippen LogP contribution in [0.1, 0.15) is 348 Å². The minimum Gasteiger partial charge on any atom is -0.466 e. The molecule has 6 nitrogen and oxygen atoms in total. The average Bonchev–Trinajstić information content (AvgIpc) is 3.36. The first-order chi connectivity index (χ1) is 34.5. The van der Waals surface area contributed by atoms with Gasteiger partial charge < -0.3 is 20.3 Å². The summed E-state index contributed by atoms with van der Waals surface area (Å²) >= 11 is 0. The molecule has 0 radical (unpaired) electrons. The Labute approximate surface area is 437 Å². The molecule has 0 aromatic rings. The number of ether oxygens (including phenoxy) is 1. The van der Waals surface area contributed by atoms with Crippen LogP contribution < -0.4 is 5.32 Å². The first-order valence-corrected chi connectivity index (χ1v) is 31.6. The fourth-order valence-corrected chi connectivity index (χ4v) is 9.87. The predicted molar refractivity (Wildman–Crippen MR) is 306 cm³/mol. The molecule has 6 heteroatoms. The molecule has 0 aliphatic carbocycles. The van der Waals surface area contributed by atoms with E-state index in [1.807, 2.05) is 6.08 Å². The first kappa shape index (κ1) is 68.3. The SMILES string of the molecule is CCCCCCCCCCCCCCCCCCCCCCCC/C=C/C(O)C(CO)NC(=O)CCCCC/C=C\CCCCCCCCOC(=O)CCCCCCCCCCCCCCCCCC. The summed E-state index contributed by atoms with van der Waals surface area (Å²) in [5.74, 6) is -0.104. The fourth-order valence-electron chi connectivity index (χ4n) is 9.87. The Bertz CT molecular complexity index is 1090. The van der Waals surface area contributed by atoms with E-state index in [9.17, 15) is 19.8 Å². The number of amides is 1. The van der Waals surface area contributed by atoms with E-state index in [1.54, 1.807) is 6.08 Å². The van der Waals surface area contributed by atoms with Gasteiger partial charge in [-0.3, -0.25) is 9.59 Å². The van der Waals surface area contributed by atoms with Crippen LogP contribution in [0.5, 0.6) is 0 Å². The Balaban J connectivity index is 3.50. The van der Waals surface area contributed by atoms with Gasteiger partial charge in [-0.15, -0.1) is 0 Å². The Morgan fingerprint density at radius 3 is 1.03 bits per heavy atom. The lowest BCUT2D eigenvalue weighted by Crippen LogP contribution is -2.45. The van der Waals surface area contributed by atoms with Gasteiger partial charge in [-0.2, -0.15) is 0 Å². The van der Waals surface area contributed by atoms with Crippen LogP contribution in [-0.4, -0.2) is 47.4 Å². The van der Waals surface area contributed by atoms with Gasteiger partial charge in [-0.25, -0.2) is 0 Å². The van der Waals surface area contributed by atoms with Crippen LogP contribution in [0.2, 0.25) is 0 Å². The number of aliphatic hydroxyl groups is 2. The summed E-state index contributed by atoms with van der Waals surface area (Å²) < 4.78 is 5.48. The number of esters is 1. The van der Waals surface area contributed by atoms with E-state index >= 15 is 0 Å². The second-order valence-corrected chi connectivity index (χ2v) is 21.7. The zero-order valence-corrected chi connectivity index (χ0v) is 47.3. The van der Waals surface area contributed by atoms with Gasteiger partial charge in [0, 0.05) is 12.8 Å². The molecule has 0 aliphatic rings. The van der Waals surface area contributed by atoms with Crippen molar-refractivity contribution >= 4 is 11.9 Å². The second-order valence-electron chi connectivity index (χ2n) is 21.7. The van der Waals surface area contributed by atoms with Gasteiger partial charge in [-0.05, 0) is 57.8 Å². The average molecular weight is 987 g/mol. The highest BCUT2D eigenvalue weighted by atomic mass is 16.5. The Kier molecular flexibility index (Phi) is 58.5. The van der Waals surface area contributed by atoms with Crippen molar-refractivity contribution in [3.05, 3.63) is 24.3 Å². The maximum Gasteiger partial charge on any atom is 0.305 e. The molecule has 0 saturated heterocycles. The number of carbonyl (C=O) groups is 2. The summed E-state index contributed by atoms with van der Waals surface area (Å²) in [4.78, 5) is 24.6. The van der Waals surface area contributed by atoms with E-state index in [-0.39, 0.29) is 18.5 Å².